The van der Waals surface area contributed by atoms with E-state index in [0.717, 1.165) is 22.4 Å². The molecular weight excluding hydrogens is 367 g/mol. The summed E-state index contributed by atoms with van der Waals surface area (Å²) in [5.41, 5.74) is 3.39. The Hall–Kier alpha value is -2.99. The molecule has 3 aromatic rings. The first-order chi connectivity index (χ1) is 14.0. The van der Waals surface area contributed by atoms with E-state index in [9.17, 15) is 9.18 Å². The van der Waals surface area contributed by atoms with Crippen LogP contribution in [0.25, 0.3) is 11.1 Å². The van der Waals surface area contributed by atoms with Gasteiger partial charge in [0.25, 0.3) is 0 Å². The summed E-state index contributed by atoms with van der Waals surface area (Å²) in [4.78, 5) is 15.2. The standard InChI is InChI=1S/C23H25FN4O/c1-4-23(15-25-2)19-7-5-6-8-21(19)28(22(23)29)14-17-10-9-16(11-20(17)24)18-12-26-27(3)13-18/h5-13,25H,4,14-15H2,1-3H3. The highest BCUT2D eigenvalue weighted by Crippen LogP contribution is 2.44. The van der Waals surface area contributed by atoms with Crippen molar-refractivity contribution in [1.82, 2.24) is 15.1 Å². The van der Waals surface area contributed by atoms with Crippen LogP contribution in [0, 0.1) is 5.82 Å². The Labute approximate surface area is 170 Å². The van der Waals surface area contributed by atoms with E-state index in [-0.39, 0.29) is 18.3 Å². The fraction of sp³-hybridized carbons (Fsp3) is 0.304. The maximum absolute atomic E-state index is 14.9. The smallest absolute Gasteiger partial charge is 0.239 e. The minimum Gasteiger partial charge on any atom is -0.318 e. The Morgan fingerprint density at radius 2 is 1.97 bits per heavy atom. The lowest BCUT2D eigenvalue weighted by Crippen LogP contribution is -2.45. The number of nitrogens with zero attached hydrogens (tertiary/aromatic N) is 3. The van der Waals surface area contributed by atoms with Crippen molar-refractivity contribution >= 4 is 11.6 Å². The molecule has 1 aliphatic rings. The van der Waals surface area contributed by atoms with Crippen LogP contribution in [0.5, 0.6) is 0 Å². The average Bonchev–Trinajstić information content (AvgIpc) is 3.25. The molecular formula is C23H25FN4O. The van der Waals surface area contributed by atoms with Crippen LogP contribution in [-0.2, 0) is 23.8 Å². The summed E-state index contributed by atoms with van der Waals surface area (Å²) < 4.78 is 16.6. The summed E-state index contributed by atoms with van der Waals surface area (Å²) in [7, 11) is 3.68. The minimum absolute atomic E-state index is 0.0197. The number of halogens is 1. The number of nitrogens with one attached hydrogen (secondary N) is 1. The van der Waals surface area contributed by atoms with Crippen LogP contribution in [0.15, 0.2) is 54.9 Å². The van der Waals surface area contributed by atoms with E-state index in [0.29, 0.717) is 18.5 Å². The highest BCUT2D eigenvalue weighted by atomic mass is 19.1. The first-order valence-electron chi connectivity index (χ1n) is 9.83. The van der Waals surface area contributed by atoms with Gasteiger partial charge in [-0.2, -0.15) is 5.10 Å². The topological polar surface area (TPSA) is 50.2 Å². The Morgan fingerprint density at radius 1 is 1.17 bits per heavy atom. The zero-order valence-electron chi connectivity index (χ0n) is 16.9. The zero-order valence-corrected chi connectivity index (χ0v) is 16.9. The van der Waals surface area contributed by atoms with Crippen LogP contribution in [0.1, 0.15) is 24.5 Å². The molecule has 4 rings (SSSR count). The lowest BCUT2D eigenvalue weighted by Gasteiger charge is -2.27. The molecule has 150 valence electrons. The SMILES string of the molecule is CCC1(CNC)C(=O)N(Cc2ccc(-c3cnn(C)c3)cc2F)c2ccccc21. The van der Waals surface area contributed by atoms with Gasteiger partial charge in [-0.3, -0.25) is 9.48 Å². The van der Waals surface area contributed by atoms with Crippen LogP contribution < -0.4 is 10.2 Å². The van der Waals surface area contributed by atoms with Gasteiger partial charge < -0.3 is 10.2 Å². The predicted octanol–water partition coefficient (Wildman–Crippen LogP) is 3.64. The van der Waals surface area contributed by atoms with Crippen molar-refractivity contribution in [2.75, 3.05) is 18.5 Å². The first kappa shape index (κ1) is 19.3. The number of aromatic nitrogens is 2. The molecule has 1 amide bonds. The number of amides is 1. The number of para-hydroxylation sites is 1. The van der Waals surface area contributed by atoms with Crippen molar-refractivity contribution in [3.63, 3.8) is 0 Å². The van der Waals surface area contributed by atoms with Gasteiger partial charge in [0.05, 0.1) is 18.2 Å². The molecule has 1 atom stereocenters. The van der Waals surface area contributed by atoms with Crippen LogP contribution in [0.4, 0.5) is 10.1 Å². The van der Waals surface area contributed by atoms with E-state index in [1.54, 1.807) is 21.8 Å². The van der Waals surface area contributed by atoms with Gasteiger partial charge in [-0.05, 0) is 36.7 Å². The monoisotopic (exact) mass is 392 g/mol. The van der Waals surface area contributed by atoms with Crippen molar-refractivity contribution < 1.29 is 9.18 Å². The van der Waals surface area contributed by atoms with Crippen molar-refractivity contribution in [2.24, 2.45) is 7.05 Å². The molecule has 0 saturated heterocycles. The fourth-order valence-electron chi connectivity index (χ4n) is 4.29. The second-order valence-electron chi connectivity index (χ2n) is 7.58. The van der Waals surface area contributed by atoms with Gasteiger partial charge in [0.2, 0.25) is 5.91 Å². The Balaban J connectivity index is 1.68. The number of hydrogen-bond donors (Lipinski definition) is 1. The molecule has 6 heteroatoms. The Kier molecular flexibility index (Phi) is 4.96. The zero-order chi connectivity index (χ0) is 20.6. The predicted molar refractivity (Wildman–Crippen MR) is 112 cm³/mol. The minimum atomic E-state index is -0.614. The number of fused-ring (bicyclic) bond motifs is 1. The second kappa shape index (κ2) is 7.44. The second-order valence-corrected chi connectivity index (χ2v) is 7.58. The number of carbonyl (C=O) groups excluding carboxylic acids is 1. The van der Waals surface area contributed by atoms with Gasteiger partial charge in [0, 0.05) is 36.6 Å². The van der Waals surface area contributed by atoms with Crippen molar-refractivity contribution in [1.29, 1.82) is 0 Å². The molecule has 2 heterocycles. The largest absolute Gasteiger partial charge is 0.318 e. The number of hydrogen-bond acceptors (Lipinski definition) is 3. The first-order valence-corrected chi connectivity index (χ1v) is 9.83. The molecule has 0 fully saturated rings. The number of aryl methyl sites for hydroxylation is 1. The molecule has 1 aromatic heterocycles. The summed E-state index contributed by atoms with van der Waals surface area (Å²) in [6.07, 6.45) is 4.24. The van der Waals surface area contributed by atoms with Gasteiger partial charge in [0.15, 0.2) is 0 Å². The number of carbonyl (C=O) groups is 1. The van der Waals surface area contributed by atoms with Gasteiger partial charge >= 0.3 is 0 Å². The quantitative estimate of drug-likeness (QED) is 0.697. The maximum Gasteiger partial charge on any atom is 0.239 e. The molecule has 0 spiro atoms. The molecule has 1 N–H and O–H groups in total. The highest BCUT2D eigenvalue weighted by molar-refractivity contribution is 6.08. The molecule has 1 unspecified atom stereocenters. The normalized spacial score (nSPS) is 18.3. The molecule has 0 aliphatic carbocycles. The molecule has 0 radical (unpaired) electrons. The Bertz CT molecular complexity index is 1060. The highest BCUT2D eigenvalue weighted by Gasteiger charge is 2.49. The van der Waals surface area contributed by atoms with Gasteiger partial charge in [-0.1, -0.05) is 37.3 Å². The summed E-state index contributed by atoms with van der Waals surface area (Å²) in [5, 5.41) is 7.31. The third-order valence-corrected chi connectivity index (χ3v) is 5.87. The van der Waals surface area contributed by atoms with Gasteiger partial charge in [-0.15, -0.1) is 0 Å². The summed E-state index contributed by atoms with van der Waals surface area (Å²) in [6, 6.07) is 13.0. The number of rotatable bonds is 6. The molecule has 5 nitrogen and oxygen atoms in total. The number of anilines is 1. The molecule has 1 aliphatic heterocycles. The summed E-state index contributed by atoms with van der Waals surface area (Å²) >= 11 is 0. The summed E-state index contributed by atoms with van der Waals surface area (Å²) in [6.45, 7) is 2.79. The van der Waals surface area contributed by atoms with Crippen LogP contribution in [-0.4, -0.2) is 29.3 Å². The molecule has 29 heavy (non-hydrogen) atoms. The maximum atomic E-state index is 14.9. The van der Waals surface area contributed by atoms with Crippen LogP contribution in [0.2, 0.25) is 0 Å². The third kappa shape index (κ3) is 3.13. The van der Waals surface area contributed by atoms with E-state index >= 15 is 0 Å². The lowest BCUT2D eigenvalue weighted by atomic mass is 9.79. The van der Waals surface area contributed by atoms with E-state index in [2.05, 4.69) is 10.4 Å². The van der Waals surface area contributed by atoms with Crippen LogP contribution in [0.3, 0.4) is 0 Å². The number of benzene rings is 2. The Morgan fingerprint density at radius 3 is 2.62 bits per heavy atom. The van der Waals surface area contributed by atoms with Gasteiger partial charge in [0.1, 0.15) is 5.82 Å². The van der Waals surface area contributed by atoms with Crippen molar-refractivity contribution in [3.8, 4) is 11.1 Å². The molecule has 0 saturated carbocycles. The third-order valence-electron chi connectivity index (χ3n) is 5.87. The van der Waals surface area contributed by atoms with Crippen molar-refractivity contribution in [2.45, 2.75) is 25.3 Å². The fourth-order valence-corrected chi connectivity index (χ4v) is 4.29. The van der Waals surface area contributed by atoms with Crippen LogP contribution >= 0.6 is 0 Å². The lowest BCUT2D eigenvalue weighted by molar-refractivity contribution is -0.123. The van der Waals surface area contributed by atoms with E-state index < -0.39 is 5.41 Å². The number of likely N-dealkylation sites (N-methyl/N-ethyl adjacent to an activating group) is 1. The van der Waals surface area contributed by atoms with E-state index in [1.807, 2.05) is 57.5 Å². The van der Waals surface area contributed by atoms with Crippen molar-refractivity contribution in [3.05, 3.63) is 71.8 Å². The van der Waals surface area contributed by atoms with Gasteiger partial charge in [-0.25, -0.2) is 4.39 Å². The van der Waals surface area contributed by atoms with E-state index in [4.69, 9.17) is 0 Å². The molecule has 2 aromatic carbocycles. The molecule has 0 bridgehead atoms. The van der Waals surface area contributed by atoms with E-state index in [1.165, 1.54) is 6.07 Å². The summed E-state index contributed by atoms with van der Waals surface area (Å²) in [5.74, 6) is -0.300. The average molecular weight is 392 g/mol.